The Kier molecular flexibility index (Phi) is 36.5. The summed E-state index contributed by atoms with van der Waals surface area (Å²) >= 11 is 0. The molecule has 568 valence electrons. The SMILES string of the molecule is C/C=C/C[C@@H](C)[C@@H](O)[C@H]1C(=O)N[C@@H](CC)C(=O)N(C)CC(=O)N(C)[C@@H](CC(C)C)C(=O)N[C@@H](C(C)C)C(=O)N(C)[C@@H](CC(C)C)C(=O)N[C@@H](C)C(=O)N[C@H](C)C(=O)N(C)[C@@H](CC(C)C)C(=O)N(C)[C@@H](CC(C)C)C(=O)N(C)[C@@H](C(C)C)C(=O)N1C.C[C@](N)(Cc1ccc(O)c(O)c1)C(=O)O. The zero-order chi connectivity index (χ0) is 77.6. The van der Waals surface area contributed by atoms with Gasteiger partial charge in [0.25, 0.3) is 0 Å². The quantitative estimate of drug-likeness (QED) is 0.0747. The Bertz CT molecular complexity index is 2990. The molecule has 1 aliphatic rings. The number of rotatable bonds is 18. The van der Waals surface area contributed by atoms with E-state index in [9.17, 15) is 58.2 Å². The number of nitrogens with two attached hydrogens (primary N) is 1. The average Bonchev–Trinajstić information content (AvgIpc) is 0.806. The number of hydrogen-bond donors (Lipinski definition) is 9. The molecule has 0 spiro atoms. The van der Waals surface area contributed by atoms with Crippen LogP contribution in [0, 0.1) is 41.4 Å². The minimum Gasteiger partial charge on any atom is -0.504 e. The molecule has 10 N–H and O–H groups in total. The minimum atomic E-state index is -1.61. The molecule has 0 unspecified atom stereocenters. The van der Waals surface area contributed by atoms with Gasteiger partial charge in [-0.3, -0.25) is 57.5 Å². The number of benzene rings is 1. The van der Waals surface area contributed by atoms with Crippen molar-refractivity contribution in [1.29, 1.82) is 0 Å². The molecule has 11 amide bonds. The molecule has 1 aromatic rings. The fraction of sp³-hybridized carbons (Fsp3) is 0.722. The highest BCUT2D eigenvalue weighted by Gasteiger charge is 2.46. The zero-order valence-corrected chi connectivity index (χ0v) is 64.3. The van der Waals surface area contributed by atoms with Crippen LogP contribution < -0.4 is 27.0 Å². The van der Waals surface area contributed by atoms with Crippen LogP contribution in [0.3, 0.4) is 0 Å². The normalized spacial score (nSPS) is 25.1. The van der Waals surface area contributed by atoms with E-state index < -0.39 is 167 Å². The Morgan fingerprint density at radius 1 is 0.550 bits per heavy atom. The molecule has 1 saturated heterocycles. The van der Waals surface area contributed by atoms with Crippen molar-refractivity contribution in [3.63, 3.8) is 0 Å². The number of carbonyl (C=O) groups is 12. The van der Waals surface area contributed by atoms with Gasteiger partial charge >= 0.3 is 5.97 Å². The predicted octanol–water partition coefficient (Wildman–Crippen LogP) is 3.71. The zero-order valence-electron chi connectivity index (χ0n) is 64.3. The lowest BCUT2D eigenvalue weighted by Gasteiger charge is -2.41. The Balaban J connectivity index is 0.00000292. The topological polar surface area (TPSA) is 383 Å². The third kappa shape index (κ3) is 25.9. The van der Waals surface area contributed by atoms with Crippen molar-refractivity contribution in [1.82, 2.24) is 55.6 Å². The van der Waals surface area contributed by atoms with Gasteiger partial charge in [0, 0.05) is 55.8 Å². The highest BCUT2D eigenvalue weighted by Crippen LogP contribution is 2.28. The summed E-state index contributed by atoms with van der Waals surface area (Å²) < 4.78 is 0. The van der Waals surface area contributed by atoms with Crippen LogP contribution in [-0.2, 0) is 64.0 Å². The van der Waals surface area contributed by atoms with Gasteiger partial charge < -0.3 is 81.7 Å². The summed E-state index contributed by atoms with van der Waals surface area (Å²) in [5.41, 5.74) is 4.70. The van der Waals surface area contributed by atoms with Gasteiger partial charge in [-0.25, -0.2) is 0 Å². The highest BCUT2D eigenvalue weighted by atomic mass is 16.4. The van der Waals surface area contributed by atoms with E-state index in [-0.39, 0.29) is 73.7 Å². The first-order valence-electron chi connectivity index (χ1n) is 34.9. The number of carboxylic acid groups (broad SMARTS) is 1. The standard InChI is InChI=1S/C62H111N11O12.C10H13NO4/c1-25-27-28-40(15)52(75)51-56(79)65-43(26-2)58(81)67(18)33-48(74)68(19)44(29-34(3)4)55(78)66-49(38(11)12)61(84)69(20)45(30-35(5)6)54(77)63-41(16)53(76)64-42(17)57(80)70(21)46(31-36(7)8)59(82)71(22)47(32-37(9)10)60(83)72(23)50(39(13)14)62(85)73(51)24;1-10(11,9(14)15)5-6-2-3-7(12)8(13)4-6/h25,27,34-47,49-52,75H,26,28-33H2,1-24H3,(H,63,77)(H,64,76)(H,65,79)(H,66,78);2-4,12-13H,5,11H2,1H3,(H,14,15)/b27-25+;/t40-,41+,42-,43+,44+,45+,46+,47+,49+,50+,51+,52-;10-/m10/s1. The van der Waals surface area contributed by atoms with E-state index in [2.05, 4.69) is 21.3 Å². The maximum atomic E-state index is 15.1. The molecule has 2 rings (SSSR count). The van der Waals surface area contributed by atoms with E-state index in [1.54, 1.807) is 54.5 Å². The van der Waals surface area contributed by atoms with Crippen molar-refractivity contribution in [2.24, 2.45) is 47.2 Å². The molecule has 28 heteroatoms. The first kappa shape index (κ1) is 90.1. The number of amides is 11. The van der Waals surface area contributed by atoms with E-state index in [4.69, 9.17) is 15.9 Å². The molecule has 1 fully saturated rings. The first-order chi connectivity index (χ1) is 46.0. The fourth-order valence-corrected chi connectivity index (χ4v) is 11.9. The third-order valence-corrected chi connectivity index (χ3v) is 18.2. The number of nitrogens with zero attached hydrogens (tertiary/aromatic N) is 7. The number of carbonyl (C=O) groups excluding carboxylic acids is 11. The summed E-state index contributed by atoms with van der Waals surface area (Å²) in [5, 5.41) is 50.1. The predicted molar refractivity (Wildman–Crippen MR) is 382 cm³/mol. The molecule has 28 nitrogen and oxygen atoms in total. The molecule has 0 radical (unpaired) electrons. The summed E-state index contributed by atoms with van der Waals surface area (Å²) in [5.74, 6) is -11.3. The second-order valence-electron chi connectivity index (χ2n) is 29.8. The van der Waals surface area contributed by atoms with Crippen LogP contribution in [0.2, 0.25) is 0 Å². The average molecular weight is 1410 g/mol. The van der Waals surface area contributed by atoms with E-state index in [1.165, 1.54) is 113 Å². The number of likely N-dealkylation sites (N-methyl/N-ethyl adjacent to an activating group) is 7. The van der Waals surface area contributed by atoms with Gasteiger partial charge in [0.2, 0.25) is 65.0 Å². The van der Waals surface area contributed by atoms with Crippen LogP contribution in [0.25, 0.3) is 0 Å². The maximum Gasteiger partial charge on any atom is 0.323 e. The van der Waals surface area contributed by atoms with Crippen LogP contribution in [0.1, 0.15) is 169 Å². The van der Waals surface area contributed by atoms with Crippen molar-refractivity contribution in [2.75, 3.05) is 55.9 Å². The van der Waals surface area contributed by atoms with Crippen LogP contribution in [0.5, 0.6) is 11.5 Å². The number of hydrogen-bond acceptors (Lipinski definition) is 16. The van der Waals surface area contributed by atoms with Crippen molar-refractivity contribution in [3.05, 3.63) is 35.9 Å². The van der Waals surface area contributed by atoms with Crippen LogP contribution in [0.4, 0.5) is 0 Å². The third-order valence-electron chi connectivity index (χ3n) is 18.2. The number of aliphatic hydroxyl groups excluding tert-OH is 1. The van der Waals surface area contributed by atoms with E-state index in [0.29, 0.717) is 12.0 Å². The number of aliphatic hydroxyl groups is 1. The smallest absolute Gasteiger partial charge is 0.323 e. The lowest BCUT2D eigenvalue weighted by atomic mass is 9.91. The lowest BCUT2D eigenvalue weighted by Crippen LogP contribution is -2.63. The van der Waals surface area contributed by atoms with Gasteiger partial charge in [-0.1, -0.05) is 115 Å². The number of phenolic OH excluding ortho intramolecular Hbond substituents is 2. The molecule has 100 heavy (non-hydrogen) atoms. The molecule has 0 aliphatic carbocycles. The van der Waals surface area contributed by atoms with Crippen LogP contribution >= 0.6 is 0 Å². The second kappa shape index (κ2) is 40.5. The van der Waals surface area contributed by atoms with Crippen LogP contribution in [-0.4, -0.2) is 254 Å². The number of carboxylic acids is 1. The van der Waals surface area contributed by atoms with Gasteiger partial charge in [-0.05, 0) is 125 Å². The van der Waals surface area contributed by atoms with Crippen molar-refractivity contribution in [3.8, 4) is 11.5 Å². The Labute approximate surface area is 594 Å². The number of nitrogens with one attached hydrogen (secondary N) is 4. The largest absolute Gasteiger partial charge is 0.504 e. The number of aromatic hydroxyl groups is 2. The van der Waals surface area contributed by atoms with E-state index in [0.717, 1.165) is 9.80 Å². The van der Waals surface area contributed by atoms with Crippen molar-refractivity contribution in [2.45, 2.75) is 242 Å². The second-order valence-corrected chi connectivity index (χ2v) is 29.8. The summed E-state index contributed by atoms with van der Waals surface area (Å²) in [6.07, 6.45) is 3.12. The molecular weight excluding hydrogens is 1290 g/mol. The van der Waals surface area contributed by atoms with Gasteiger partial charge in [0.15, 0.2) is 11.5 Å². The summed E-state index contributed by atoms with van der Waals surface area (Å²) in [4.78, 5) is 179. The van der Waals surface area contributed by atoms with Gasteiger partial charge in [-0.2, -0.15) is 0 Å². The molecule has 1 aromatic carbocycles. The van der Waals surface area contributed by atoms with Crippen LogP contribution in [0.15, 0.2) is 30.4 Å². The summed E-state index contributed by atoms with van der Waals surface area (Å²) in [6, 6.07) is -8.22. The van der Waals surface area contributed by atoms with E-state index in [1.807, 2.05) is 61.5 Å². The Morgan fingerprint density at radius 3 is 1.44 bits per heavy atom. The molecule has 1 aliphatic heterocycles. The number of phenols is 2. The van der Waals surface area contributed by atoms with E-state index >= 15 is 9.59 Å². The Morgan fingerprint density at radius 2 is 0.990 bits per heavy atom. The monoisotopic (exact) mass is 1410 g/mol. The van der Waals surface area contributed by atoms with Crippen molar-refractivity contribution >= 4 is 70.9 Å². The molecule has 0 aromatic heterocycles. The van der Waals surface area contributed by atoms with Gasteiger partial charge in [-0.15, -0.1) is 0 Å². The highest BCUT2D eigenvalue weighted by molar-refractivity contribution is 5.99. The number of allylic oxidation sites excluding steroid dienone is 2. The first-order valence-corrected chi connectivity index (χ1v) is 34.9. The van der Waals surface area contributed by atoms with Crippen molar-refractivity contribution < 1.29 is 78.0 Å². The fourth-order valence-electron chi connectivity index (χ4n) is 11.9. The molecule has 13 atom stereocenters. The molecular formula is C72H124N12O16. The number of aliphatic carboxylic acids is 1. The van der Waals surface area contributed by atoms with Gasteiger partial charge in [0.05, 0.1) is 12.6 Å². The summed E-state index contributed by atoms with van der Waals surface area (Å²) in [7, 11) is 9.92. The summed E-state index contributed by atoms with van der Waals surface area (Å²) in [6.45, 7) is 30.7. The molecule has 1 heterocycles. The maximum absolute atomic E-state index is 15.1. The minimum absolute atomic E-state index is 0.0229. The molecule has 0 bridgehead atoms. The Hall–Kier alpha value is -7.88. The molecule has 0 saturated carbocycles. The lowest BCUT2D eigenvalue weighted by molar-refractivity contribution is -0.157. The van der Waals surface area contributed by atoms with Gasteiger partial charge in [0.1, 0.15) is 66.0 Å².